The van der Waals surface area contributed by atoms with Gasteiger partial charge in [0.25, 0.3) is 5.91 Å². The van der Waals surface area contributed by atoms with Gasteiger partial charge in [0.1, 0.15) is 4.60 Å². The van der Waals surface area contributed by atoms with E-state index in [1.807, 2.05) is 0 Å². The molecule has 1 amide bonds. The smallest absolute Gasteiger partial charge is 0.252 e. The van der Waals surface area contributed by atoms with Gasteiger partial charge in [0.2, 0.25) is 0 Å². The Morgan fingerprint density at radius 1 is 1.42 bits per heavy atom. The summed E-state index contributed by atoms with van der Waals surface area (Å²) < 4.78 is 0.750. The minimum atomic E-state index is -0.0233. The molecular formula is C14H18BrN3O. The normalized spacial score (nSPS) is 23.5. The second kappa shape index (κ2) is 5.59. The molecule has 102 valence electrons. The Kier molecular flexibility index (Phi) is 3.84. The molecule has 1 aliphatic heterocycles. The summed E-state index contributed by atoms with van der Waals surface area (Å²) in [6.07, 6.45) is 5.53. The van der Waals surface area contributed by atoms with E-state index in [4.69, 9.17) is 0 Å². The molecule has 1 atom stereocenters. The van der Waals surface area contributed by atoms with Crippen LogP contribution in [-0.2, 0) is 0 Å². The van der Waals surface area contributed by atoms with Gasteiger partial charge in [-0.05, 0) is 59.8 Å². The predicted molar refractivity (Wildman–Crippen MR) is 77.0 cm³/mol. The maximum Gasteiger partial charge on any atom is 0.252 e. The molecule has 1 aliphatic carbocycles. The largest absolute Gasteiger partial charge is 0.352 e. The number of rotatable bonds is 4. The maximum atomic E-state index is 12.0. The van der Waals surface area contributed by atoms with Gasteiger partial charge in [-0.1, -0.05) is 0 Å². The average Bonchev–Trinajstić information content (AvgIpc) is 3.16. The number of hydrogen-bond acceptors (Lipinski definition) is 3. The van der Waals surface area contributed by atoms with Crippen molar-refractivity contribution < 1.29 is 4.79 Å². The summed E-state index contributed by atoms with van der Waals surface area (Å²) in [5.74, 6) is 0.581. The molecule has 1 N–H and O–H groups in total. The van der Waals surface area contributed by atoms with E-state index in [1.54, 1.807) is 18.3 Å². The molecule has 19 heavy (non-hydrogen) atoms. The fraction of sp³-hybridized carbons (Fsp3) is 0.571. The number of pyridine rings is 1. The molecule has 0 aromatic carbocycles. The third kappa shape index (κ3) is 3.34. The topological polar surface area (TPSA) is 45.2 Å². The van der Waals surface area contributed by atoms with Crippen molar-refractivity contribution >= 4 is 21.8 Å². The molecule has 1 saturated heterocycles. The maximum absolute atomic E-state index is 12.0. The zero-order chi connectivity index (χ0) is 13.2. The van der Waals surface area contributed by atoms with Crippen molar-refractivity contribution in [2.75, 3.05) is 19.6 Å². The first kappa shape index (κ1) is 13.1. The van der Waals surface area contributed by atoms with E-state index in [2.05, 4.69) is 31.1 Å². The van der Waals surface area contributed by atoms with Gasteiger partial charge in [0.15, 0.2) is 0 Å². The number of carbonyl (C=O) groups excluding carboxylic acids is 1. The molecule has 1 saturated carbocycles. The molecule has 0 bridgehead atoms. The average molecular weight is 324 g/mol. The number of likely N-dealkylation sites (tertiary alicyclic amines) is 1. The molecule has 2 heterocycles. The predicted octanol–water partition coefficient (Wildman–Crippen LogP) is 2.06. The van der Waals surface area contributed by atoms with Crippen molar-refractivity contribution in [3.63, 3.8) is 0 Å². The number of nitrogens with one attached hydrogen (secondary N) is 1. The number of aromatic nitrogens is 1. The van der Waals surface area contributed by atoms with Crippen LogP contribution in [0.5, 0.6) is 0 Å². The van der Waals surface area contributed by atoms with Crippen LogP contribution in [0, 0.1) is 5.92 Å². The minimum Gasteiger partial charge on any atom is -0.352 e. The van der Waals surface area contributed by atoms with Crippen LogP contribution in [0.3, 0.4) is 0 Å². The van der Waals surface area contributed by atoms with E-state index < -0.39 is 0 Å². The van der Waals surface area contributed by atoms with E-state index in [9.17, 15) is 4.79 Å². The Hall–Kier alpha value is -0.940. The van der Waals surface area contributed by atoms with Gasteiger partial charge in [0, 0.05) is 25.3 Å². The summed E-state index contributed by atoms with van der Waals surface area (Å²) in [7, 11) is 0. The van der Waals surface area contributed by atoms with E-state index in [0.717, 1.165) is 23.7 Å². The molecule has 0 spiro atoms. The lowest BCUT2D eigenvalue weighted by atomic mass is 10.1. The monoisotopic (exact) mass is 323 g/mol. The van der Waals surface area contributed by atoms with E-state index in [-0.39, 0.29) is 5.91 Å². The van der Waals surface area contributed by atoms with Crippen molar-refractivity contribution in [2.24, 2.45) is 5.92 Å². The summed E-state index contributed by atoms with van der Waals surface area (Å²) in [5, 5.41) is 3.02. The number of amides is 1. The Balaban J connectivity index is 1.46. The van der Waals surface area contributed by atoms with Crippen molar-refractivity contribution in [2.45, 2.75) is 25.3 Å². The summed E-state index contributed by atoms with van der Waals surface area (Å²) >= 11 is 3.27. The van der Waals surface area contributed by atoms with Crippen LogP contribution >= 0.6 is 15.9 Å². The van der Waals surface area contributed by atoms with Gasteiger partial charge >= 0.3 is 0 Å². The molecule has 0 radical (unpaired) electrons. The summed E-state index contributed by atoms with van der Waals surface area (Å²) in [4.78, 5) is 18.6. The van der Waals surface area contributed by atoms with Gasteiger partial charge in [-0.3, -0.25) is 4.79 Å². The SMILES string of the molecule is O=C(NCC1CCN(C2CC2)C1)c1ccc(Br)nc1. The zero-order valence-electron chi connectivity index (χ0n) is 10.8. The van der Waals surface area contributed by atoms with Crippen LogP contribution < -0.4 is 5.32 Å². The minimum absolute atomic E-state index is 0.0233. The first-order chi connectivity index (χ1) is 9.22. The number of hydrogen-bond donors (Lipinski definition) is 1. The molecule has 2 aliphatic rings. The Bertz CT molecular complexity index is 458. The molecule has 1 unspecified atom stereocenters. The highest BCUT2D eigenvalue weighted by atomic mass is 79.9. The molecule has 3 rings (SSSR count). The lowest BCUT2D eigenvalue weighted by molar-refractivity contribution is 0.0947. The standard InChI is InChI=1S/C14H18BrN3O/c15-13-4-1-11(8-16-13)14(19)17-7-10-5-6-18(9-10)12-2-3-12/h1,4,8,10,12H,2-3,5-7,9H2,(H,17,19). The Labute approximate surface area is 121 Å². The second-order valence-corrected chi connectivity index (χ2v) is 6.27. The van der Waals surface area contributed by atoms with Crippen LogP contribution in [-0.4, -0.2) is 41.5 Å². The van der Waals surface area contributed by atoms with Crippen molar-refractivity contribution in [3.8, 4) is 0 Å². The second-order valence-electron chi connectivity index (χ2n) is 5.46. The lowest BCUT2D eigenvalue weighted by Crippen LogP contribution is -2.31. The Morgan fingerprint density at radius 2 is 2.26 bits per heavy atom. The fourth-order valence-corrected chi connectivity index (χ4v) is 2.88. The van der Waals surface area contributed by atoms with Gasteiger partial charge in [-0.25, -0.2) is 4.98 Å². The van der Waals surface area contributed by atoms with E-state index in [1.165, 1.54) is 25.8 Å². The summed E-state index contributed by atoms with van der Waals surface area (Å²) in [6, 6.07) is 4.42. The van der Waals surface area contributed by atoms with Crippen molar-refractivity contribution in [3.05, 3.63) is 28.5 Å². The third-order valence-corrected chi connectivity index (χ3v) is 4.39. The lowest BCUT2D eigenvalue weighted by Gasteiger charge is -2.15. The molecule has 2 fully saturated rings. The number of nitrogens with zero attached hydrogens (tertiary/aromatic N) is 2. The van der Waals surface area contributed by atoms with Crippen LogP contribution in [0.1, 0.15) is 29.6 Å². The van der Waals surface area contributed by atoms with Crippen LogP contribution in [0.15, 0.2) is 22.9 Å². The van der Waals surface area contributed by atoms with Gasteiger partial charge in [-0.2, -0.15) is 0 Å². The van der Waals surface area contributed by atoms with Crippen LogP contribution in [0.2, 0.25) is 0 Å². The zero-order valence-corrected chi connectivity index (χ0v) is 12.4. The van der Waals surface area contributed by atoms with Crippen LogP contribution in [0.25, 0.3) is 0 Å². The van der Waals surface area contributed by atoms with E-state index in [0.29, 0.717) is 11.5 Å². The molecule has 5 heteroatoms. The molecule has 4 nitrogen and oxygen atoms in total. The van der Waals surface area contributed by atoms with E-state index >= 15 is 0 Å². The molecule has 1 aromatic heterocycles. The van der Waals surface area contributed by atoms with Gasteiger partial charge < -0.3 is 10.2 Å². The number of carbonyl (C=O) groups is 1. The number of halogens is 1. The highest BCUT2D eigenvalue weighted by Crippen LogP contribution is 2.31. The van der Waals surface area contributed by atoms with Crippen molar-refractivity contribution in [1.29, 1.82) is 0 Å². The quantitative estimate of drug-likeness (QED) is 0.863. The van der Waals surface area contributed by atoms with Gasteiger partial charge in [-0.15, -0.1) is 0 Å². The first-order valence-electron chi connectivity index (χ1n) is 6.86. The highest BCUT2D eigenvalue weighted by molar-refractivity contribution is 9.10. The fourth-order valence-electron chi connectivity index (χ4n) is 2.65. The third-order valence-electron chi connectivity index (χ3n) is 3.92. The Morgan fingerprint density at radius 3 is 2.95 bits per heavy atom. The van der Waals surface area contributed by atoms with Crippen LogP contribution in [0.4, 0.5) is 0 Å². The summed E-state index contributed by atoms with van der Waals surface area (Å²) in [5.41, 5.74) is 0.625. The molecule has 1 aromatic rings. The molecular weight excluding hydrogens is 306 g/mol. The first-order valence-corrected chi connectivity index (χ1v) is 7.65. The van der Waals surface area contributed by atoms with Crippen molar-refractivity contribution in [1.82, 2.24) is 15.2 Å². The summed E-state index contributed by atoms with van der Waals surface area (Å²) in [6.45, 7) is 3.12. The highest BCUT2D eigenvalue weighted by Gasteiger charge is 2.34. The van der Waals surface area contributed by atoms with Gasteiger partial charge in [0.05, 0.1) is 5.56 Å².